The third kappa shape index (κ3) is 6.66. The third-order valence-electron chi connectivity index (χ3n) is 5.32. The first kappa shape index (κ1) is 24.6. The number of ketones is 1. The van der Waals surface area contributed by atoms with Crippen molar-refractivity contribution >= 4 is 46.5 Å². The Balaban J connectivity index is 0.000000396. The highest BCUT2D eigenvalue weighted by Crippen LogP contribution is 2.35. The largest absolute Gasteiger partial charge is 0.342 e. The molecule has 1 atom stereocenters. The van der Waals surface area contributed by atoms with Crippen LogP contribution in [-0.2, 0) is 15.0 Å². The van der Waals surface area contributed by atoms with E-state index in [0.29, 0.717) is 0 Å². The molecule has 0 spiro atoms. The Morgan fingerprint density at radius 1 is 1.07 bits per heavy atom. The minimum Gasteiger partial charge on any atom is -0.342 e. The van der Waals surface area contributed by atoms with Gasteiger partial charge in [-0.1, -0.05) is 31.2 Å². The quantitative estimate of drug-likeness (QED) is 0.595. The Morgan fingerprint density at radius 2 is 1.63 bits per heavy atom. The average Bonchev–Trinajstić information content (AvgIpc) is 2.79. The monoisotopic (exact) mass is 469 g/mol. The minimum atomic E-state index is -0.433. The number of alkyl halides is 3. The molecule has 1 amide bonds. The zero-order valence-corrected chi connectivity index (χ0v) is 19.4. The van der Waals surface area contributed by atoms with Gasteiger partial charge < -0.3 is 4.90 Å². The van der Waals surface area contributed by atoms with Gasteiger partial charge in [0.05, 0.1) is 11.3 Å². The van der Waals surface area contributed by atoms with Crippen LogP contribution in [0, 0.1) is 0 Å². The number of aromatic nitrogens is 2. The van der Waals surface area contributed by atoms with Gasteiger partial charge in [0.25, 0.3) is 0 Å². The van der Waals surface area contributed by atoms with Crippen LogP contribution >= 0.6 is 34.8 Å². The molecule has 1 aliphatic heterocycles. The number of benzene rings is 1. The maximum Gasteiger partial charge on any atom is 0.237 e. The number of piperidine rings is 1. The predicted octanol–water partition coefficient (Wildman–Crippen LogP) is 4.68. The molecule has 3 rings (SSSR count). The summed E-state index contributed by atoms with van der Waals surface area (Å²) >= 11 is 16.1. The SMILES string of the molecule is CC(Cl)C(=O)CCl.CC1(c2ccc(-c3ncccn3)cc2)CCN(C(=O)CCl)CC1. The molecule has 1 saturated heterocycles. The molecule has 1 aromatic heterocycles. The van der Waals surface area contributed by atoms with Gasteiger partial charge in [0.2, 0.25) is 5.91 Å². The lowest BCUT2D eigenvalue weighted by Gasteiger charge is -2.39. The van der Waals surface area contributed by atoms with E-state index in [4.69, 9.17) is 34.8 Å². The van der Waals surface area contributed by atoms with Crippen molar-refractivity contribution in [3.63, 3.8) is 0 Å². The fraction of sp³-hybridized carbons (Fsp3) is 0.455. The zero-order chi connectivity index (χ0) is 22.1. The van der Waals surface area contributed by atoms with Crippen LogP contribution in [0.3, 0.4) is 0 Å². The summed E-state index contributed by atoms with van der Waals surface area (Å²) in [6, 6.07) is 10.3. The summed E-state index contributed by atoms with van der Waals surface area (Å²) in [6.07, 6.45) is 5.41. The highest BCUT2D eigenvalue weighted by molar-refractivity contribution is 6.37. The Kier molecular flexibility index (Phi) is 9.53. The molecule has 0 aliphatic carbocycles. The maximum atomic E-state index is 11.7. The molecule has 8 heteroatoms. The molecule has 0 radical (unpaired) electrons. The van der Waals surface area contributed by atoms with Gasteiger partial charge in [-0.3, -0.25) is 9.59 Å². The Hall–Kier alpha value is -1.69. The summed E-state index contributed by atoms with van der Waals surface area (Å²) in [4.78, 5) is 32.4. The number of halogens is 3. The number of Topliss-reactive ketones (excluding diaryl/α,β-unsaturated/α-hetero) is 1. The van der Waals surface area contributed by atoms with Crippen molar-refractivity contribution in [2.45, 2.75) is 37.5 Å². The number of nitrogens with zero attached hydrogens (tertiary/aromatic N) is 3. The number of hydrogen-bond acceptors (Lipinski definition) is 4. The molecule has 1 unspecified atom stereocenters. The van der Waals surface area contributed by atoms with Crippen molar-refractivity contribution in [1.29, 1.82) is 0 Å². The van der Waals surface area contributed by atoms with Crippen molar-refractivity contribution in [1.82, 2.24) is 14.9 Å². The summed E-state index contributed by atoms with van der Waals surface area (Å²) in [5.74, 6) is 0.744. The van der Waals surface area contributed by atoms with E-state index < -0.39 is 5.38 Å². The Labute approximate surface area is 192 Å². The van der Waals surface area contributed by atoms with Gasteiger partial charge in [-0.15, -0.1) is 34.8 Å². The van der Waals surface area contributed by atoms with E-state index in [-0.39, 0.29) is 28.9 Å². The van der Waals surface area contributed by atoms with Crippen LogP contribution < -0.4 is 0 Å². The Bertz CT molecular complexity index is 821. The van der Waals surface area contributed by atoms with Gasteiger partial charge in [-0.2, -0.15) is 0 Å². The van der Waals surface area contributed by atoms with Crippen molar-refractivity contribution in [2.24, 2.45) is 0 Å². The molecule has 162 valence electrons. The first-order valence-corrected chi connectivity index (χ1v) is 11.3. The minimum absolute atomic E-state index is 0.0185. The lowest BCUT2D eigenvalue weighted by Crippen LogP contribution is -2.44. The number of amides is 1. The zero-order valence-electron chi connectivity index (χ0n) is 17.2. The van der Waals surface area contributed by atoms with Gasteiger partial charge >= 0.3 is 0 Å². The maximum absolute atomic E-state index is 11.7. The van der Waals surface area contributed by atoms with Crippen LogP contribution in [-0.4, -0.2) is 56.8 Å². The van der Waals surface area contributed by atoms with Crippen LogP contribution in [0.4, 0.5) is 0 Å². The summed E-state index contributed by atoms with van der Waals surface area (Å²) in [5, 5.41) is -0.433. The molecule has 0 bridgehead atoms. The van der Waals surface area contributed by atoms with Crippen molar-refractivity contribution < 1.29 is 9.59 Å². The lowest BCUT2D eigenvalue weighted by molar-refractivity contribution is -0.130. The first-order chi connectivity index (χ1) is 14.3. The molecular weight excluding hydrogens is 445 g/mol. The van der Waals surface area contributed by atoms with Crippen LogP contribution in [0.15, 0.2) is 42.7 Å². The van der Waals surface area contributed by atoms with Crippen molar-refractivity contribution in [2.75, 3.05) is 24.8 Å². The predicted molar refractivity (Wildman–Crippen MR) is 122 cm³/mol. The van der Waals surface area contributed by atoms with Gasteiger partial charge in [-0.05, 0) is 36.8 Å². The van der Waals surface area contributed by atoms with E-state index in [1.165, 1.54) is 5.56 Å². The molecule has 5 nitrogen and oxygen atoms in total. The summed E-state index contributed by atoms with van der Waals surface area (Å²) in [6.45, 7) is 5.41. The highest BCUT2D eigenvalue weighted by atomic mass is 35.5. The lowest BCUT2D eigenvalue weighted by atomic mass is 9.74. The molecule has 0 saturated carbocycles. The average molecular weight is 471 g/mol. The first-order valence-electron chi connectivity index (χ1n) is 9.75. The summed E-state index contributed by atoms with van der Waals surface area (Å²) in [7, 11) is 0. The van der Waals surface area contributed by atoms with E-state index in [0.717, 1.165) is 37.3 Å². The summed E-state index contributed by atoms with van der Waals surface area (Å²) in [5.41, 5.74) is 2.42. The number of carbonyl (C=O) groups excluding carboxylic acids is 2. The van der Waals surface area contributed by atoms with E-state index >= 15 is 0 Å². The second-order valence-electron chi connectivity index (χ2n) is 7.44. The van der Waals surface area contributed by atoms with Crippen LogP contribution in [0.2, 0.25) is 0 Å². The molecular formula is C22H26Cl3N3O2. The van der Waals surface area contributed by atoms with E-state index in [1.54, 1.807) is 19.3 Å². The topological polar surface area (TPSA) is 63.2 Å². The fourth-order valence-corrected chi connectivity index (χ4v) is 3.76. The highest BCUT2D eigenvalue weighted by Gasteiger charge is 2.33. The molecule has 2 heterocycles. The molecule has 1 aromatic carbocycles. The third-order valence-corrected chi connectivity index (χ3v) is 6.05. The fourth-order valence-electron chi connectivity index (χ4n) is 3.20. The second kappa shape index (κ2) is 11.6. The smallest absolute Gasteiger partial charge is 0.237 e. The standard InChI is InChI=1S/C18H20ClN3O.C4H6Cl2O/c1-18(7-11-22(12-8-18)16(23)13-19)15-5-3-14(4-6-15)17-20-9-2-10-21-17;1-3(6)4(7)2-5/h2-6,9-10H,7-8,11-13H2,1H3;3H,2H2,1H3. The van der Waals surface area contributed by atoms with E-state index in [2.05, 4.69) is 41.2 Å². The van der Waals surface area contributed by atoms with Gasteiger partial charge in [0.15, 0.2) is 11.6 Å². The number of hydrogen-bond donors (Lipinski definition) is 0. The molecule has 1 fully saturated rings. The summed E-state index contributed by atoms with van der Waals surface area (Å²) < 4.78 is 0. The molecule has 30 heavy (non-hydrogen) atoms. The Morgan fingerprint density at radius 3 is 2.07 bits per heavy atom. The molecule has 1 aliphatic rings. The number of carbonyl (C=O) groups is 2. The normalized spacial score (nSPS) is 16.2. The number of likely N-dealkylation sites (tertiary alicyclic amines) is 1. The van der Waals surface area contributed by atoms with Gasteiger partial charge in [-0.25, -0.2) is 9.97 Å². The second-order valence-corrected chi connectivity index (χ2v) is 8.63. The van der Waals surface area contributed by atoms with Crippen LogP contribution in [0.1, 0.15) is 32.3 Å². The van der Waals surface area contributed by atoms with Crippen LogP contribution in [0.25, 0.3) is 11.4 Å². The van der Waals surface area contributed by atoms with Crippen molar-refractivity contribution in [3.05, 3.63) is 48.3 Å². The number of rotatable bonds is 5. The van der Waals surface area contributed by atoms with E-state index in [1.807, 2.05) is 11.0 Å². The van der Waals surface area contributed by atoms with Gasteiger partial charge in [0.1, 0.15) is 5.88 Å². The van der Waals surface area contributed by atoms with E-state index in [9.17, 15) is 9.59 Å². The van der Waals surface area contributed by atoms with Crippen molar-refractivity contribution in [3.8, 4) is 11.4 Å². The molecule has 2 aromatic rings. The van der Waals surface area contributed by atoms with Crippen LogP contribution in [0.5, 0.6) is 0 Å². The van der Waals surface area contributed by atoms with Gasteiger partial charge in [0, 0.05) is 31.0 Å². The molecule has 0 N–H and O–H groups in total.